The predicted molar refractivity (Wildman–Crippen MR) is 177 cm³/mol. The summed E-state index contributed by atoms with van der Waals surface area (Å²) >= 11 is 5.38. The Balaban J connectivity index is 1.24. The van der Waals surface area contributed by atoms with Crippen LogP contribution in [0.3, 0.4) is 0 Å². The minimum atomic E-state index is -1.15. The number of carboxylic acids is 1. The molecule has 0 aromatic heterocycles. The highest BCUT2D eigenvalue weighted by atomic mass is 32.1. The number of carboxylic acid groups (broad SMARTS) is 1. The highest BCUT2D eigenvalue weighted by Crippen LogP contribution is 2.42. The Hall–Kier alpha value is -4.11. The first-order valence-electron chi connectivity index (χ1n) is 14.9. The van der Waals surface area contributed by atoms with Crippen LogP contribution in [0.15, 0.2) is 63.8 Å². The van der Waals surface area contributed by atoms with Gasteiger partial charge in [0.25, 0.3) is 0 Å². The number of thiocarbonyl (C=S) groups is 1. The summed E-state index contributed by atoms with van der Waals surface area (Å²) in [7, 11) is 0. The molecule has 1 aliphatic carbocycles. The van der Waals surface area contributed by atoms with Crippen LogP contribution in [0.2, 0.25) is 0 Å². The molecule has 2 aromatic rings. The van der Waals surface area contributed by atoms with E-state index in [0.29, 0.717) is 111 Å². The third-order valence-corrected chi connectivity index (χ3v) is 6.92. The average Bonchev–Trinajstić information content (AvgIpc) is 3.03. The number of nitrogens with one attached hydrogen (secondary N) is 2. The fraction of sp³-hybridized carbons (Fsp3) is 0.364. The maximum atomic E-state index is 12.4. The van der Waals surface area contributed by atoms with E-state index < -0.39 is 5.97 Å². The molecule has 4 rings (SSSR count). The molecule has 0 fully saturated rings. The monoisotopic (exact) mass is 654 g/mol. The van der Waals surface area contributed by atoms with Crippen molar-refractivity contribution in [1.82, 2.24) is 5.32 Å². The van der Waals surface area contributed by atoms with Crippen molar-refractivity contribution in [3.63, 3.8) is 0 Å². The van der Waals surface area contributed by atoms with Crippen molar-refractivity contribution in [2.45, 2.75) is 6.92 Å². The molecule has 0 saturated carbocycles. The first kappa shape index (κ1) is 34.8. The number of phenols is 1. The van der Waals surface area contributed by atoms with Crippen LogP contribution in [0.1, 0.15) is 17.3 Å². The largest absolute Gasteiger partial charge is 0.508 e. The number of aromatic hydroxyl groups is 1. The van der Waals surface area contributed by atoms with Gasteiger partial charge in [0.05, 0.1) is 65.0 Å². The Bertz CT molecular complexity index is 1630. The average molecular weight is 655 g/mol. The van der Waals surface area contributed by atoms with E-state index in [9.17, 15) is 19.8 Å². The predicted octanol–water partition coefficient (Wildman–Crippen LogP) is 4.36. The molecule has 1 heterocycles. The third-order valence-electron chi connectivity index (χ3n) is 6.68. The smallest absolute Gasteiger partial charge is 0.336 e. The molecule has 0 radical (unpaired) electrons. The van der Waals surface area contributed by atoms with E-state index >= 15 is 0 Å². The number of anilines is 1. The van der Waals surface area contributed by atoms with Crippen molar-refractivity contribution in [2.24, 2.45) is 0 Å². The molecular weight excluding hydrogens is 616 g/mol. The second-order valence-corrected chi connectivity index (χ2v) is 10.3. The van der Waals surface area contributed by atoms with Crippen LogP contribution in [0.4, 0.5) is 5.69 Å². The minimum Gasteiger partial charge on any atom is -0.508 e. The Morgan fingerprint density at radius 3 is 2.09 bits per heavy atom. The summed E-state index contributed by atoms with van der Waals surface area (Å²) < 4.78 is 32.9. The summed E-state index contributed by atoms with van der Waals surface area (Å²) in [6, 6.07) is 13.8. The van der Waals surface area contributed by atoms with Crippen molar-refractivity contribution in [2.75, 3.05) is 77.9 Å². The van der Waals surface area contributed by atoms with E-state index in [-0.39, 0.29) is 22.5 Å². The summed E-state index contributed by atoms with van der Waals surface area (Å²) in [5.41, 5.74) is 2.08. The maximum absolute atomic E-state index is 12.4. The van der Waals surface area contributed by atoms with Gasteiger partial charge in [0.15, 0.2) is 10.5 Å². The van der Waals surface area contributed by atoms with E-state index in [1.165, 1.54) is 30.3 Å². The fourth-order valence-electron chi connectivity index (χ4n) is 4.60. The zero-order valence-electron chi connectivity index (χ0n) is 25.5. The van der Waals surface area contributed by atoms with Crippen molar-refractivity contribution in [1.29, 1.82) is 0 Å². The summed E-state index contributed by atoms with van der Waals surface area (Å²) in [5, 5.41) is 27.1. The molecule has 46 heavy (non-hydrogen) atoms. The van der Waals surface area contributed by atoms with Crippen molar-refractivity contribution < 1.29 is 43.1 Å². The number of benzene rings is 3. The van der Waals surface area contributed by atoms with E-state index in [4.69, 9.17) is 40.3 Å². The van der Waals surface area contributed by atoms with Crippen LogP contribution in [0, 0.1) is 0 Å². The summed E-state index contributed by atoms with van der Waals surface area (Å²) in [6.45, 7) is 7.39. The van der Waals surface area contributed by atoms with Gasteiger partial charge in [-0.25, -0.2) is 4.79 Å². The number of ether oxygens (including phenoxy) is 5. The van der Waals surface area contributed by atoms with Crippen molar-refractivity contribution >= 4 is 40.0 Å². The Morgan fingerprint density at radius 1 is 0.804 bits per heavy atom. The zero-order chi connectivity index (χ0) is 32.7. The zero-order valence-corrected chi connectivity index (χ0v) is 26.4. The quantitative estimate of drug-likeness (QED) is 0.0643. The highest BCUT2D eigenvalue weighted by Gasteiger charge is 2.22. The van der Waals surface area contributed by atoms with Crippen LogP contribution in [0.25, 0.3) is 33.4 Å². The molecular formula is C33H38N2O10S. The van der Waals surface area contributed by atoms with Gasteiger partial charge in [-0.15, -0.1) is 0 Å². The molecule has 0 spiro atoms. The number of fused-ring (bicyclic) bond motifs is 2. The van der Waals surface area contributed by atoms with Crippen molar-refractivity contribution in [3.8, 4) is 28.2 Å². The van der Waals surface area contributed by atoms with Crippen LogP contribution in [-0.4, -0.2) is 93.9 Å². The number of hydrogen-bond donors (Lipinski definition) is 4. The lowest BCUT2D eigenvalue weighted by atomic mass is 9.90. The molecule has 0 saturated heterocycles. The van der Waals surface area contributed by atoms with Gasteiger partial charge in [-0.1, -0.05) is 6.07 Å². The third kappa shape index (κ3) is 10.2. The highest BCUT2D eigenvalue weighted by molar-refractivity contribution is 7.80. The lowest BCUT2D eigenvalue weighted by Gasteiger charge is -2.18. The normalized spacial score (nSPS) is 11.2. The molecule has 246 valence electrons. The fourth-order valence-corrected chi connectivity index (χ4v) is 4.82. The van der Waals surface area contributed by atoms with Gasteiger partial charge in [-0.3, -0.25) is 4.79 Å². The second-order valence-electron chi connectivity index (χ2n) is 9.91. The molecule has 2 aromatic carbocycles. The summed E-state index contributed by atoms with van der Waals surface area (Å²) in [6.07, 6.45) is 0. The van der Waals surface area contributed by atoms with Crippen molar-refractivity contribution in [3.05, 3.63) is 70.4 Å². The molecule has 1 aliphatic heterocycles. The molecule has 2 aliphatic rings. The first-order chi connectivity index (χ1) is 22.4. The number of aromatic carboxylic acids is 1. The topological polar surface area (TPSA) is 158 Å². The number of rotatable bonds is 19. The summed E-state index contributed by atoms with van der Waals surface area (Å²) in [5.74, 6) is -0.896. The Labute approximate surface area is 271 Å². The Kier molecular flexibility index (Phi) is 13.7. The van der Waals surface area contributed by atoms with Gasteiger partial charge >= 0.3 is 5.97 Å². The molecule has 0 atom stereocenters. The van der Waals surface area contributed by atoms with Crippen LogP contribution < -0.4 is 16.1 Å². The van der Waals surface area contributed by atoms with E-state index in [2.05, 4.69) is 10.6 Å². The van der Waals surface area contributed by atoms with Gasteiger partial charge in [0.2, 0.25) is 0 Å². The van der Waals surface area contributed by atoms with E-state index in [1.807, 2.05) is 6.92 Å². The van der Waals surface area contributed by atoms with Crippen LogP contribution in [-0.2, 0) is 23.7 Å². The molecule has 4 N–H and O–H groups in total. The van der Waals surface area contributed by atoms with Gasteiger partial charge in [0.1, 0.15) is 17.1 Å². The van der Waals surface area contributed by atoms with Gasteiger partial charge in [0, 0.05) is 47.5 Å². The van der Waals surface area contributed by atoms with Gasteiger partial charge in [-0.05, 0) is 61.1 Å². The summed E-state index contributed by atoms with van der Waals surface area (Å²) in [4.78, 5) is 24.5. The number of hydrogen-bond acceptors (Lipinski definition) is 10. The molecule has 12 nitrogen and oxygen atoms in total. The lowest BCUT2D eigenvalue weighted by Crippen LogP contribution is -2.31. The molecule has 0 bridgehead atoms. The molecule has 0 unspecified atom stereocenters. The standard InChI is InChI=1S/C33H38N2O10S/c1-2-40-11-12-42-15-16-44-18-17-43-14-13-41-10-9-34-33(46)35-22-3-6-25(28(19-22)32(38)39)31-26-7-4-23(36)20-29(26)45-30-21-24(37)5-8-27(30)31/h3-8,19-21,36H,2,9-18H2,1H3,(H,38,39)(H2,34,35,46). The Morgan fingerprint density at radius 2 is 1.43 bits per heavy atom. The molecule has 13 heteroatoms. The second kappa shape index (κ2) is 18.1. The van der Waals surface area contributed by atoms with E-state index in [1.54, 1.807) is 24.3 Å². The van der Waals surface area contributed by atoms with Gasteiger partial charge < -0.3 is 48.9 Å². The minimum absolute atomic E-state index is 0.0143. The van der Waals surface area contributed by atoms with E-state index in [0.717, 1.165) is 0 Å². The van der Waals surface area contributed by atoms with Gasteiger partial charge in [-0.2, -0.15) is 0 Å². The lowest BCUT2D eigenvalue weighted by molar-refractivity contribution is -0.00980. The maximum Gasteiger partial charge on any atom is 0.336 e. The van der Waals surface area contributed by atoms with Crippen LogP contribution in [0.5, 0.6) is 5.75 Å². The first-order valence-corrected chi connectivity index (χ1v) is 15.3. The number of carbonyl (C=O) groups is 1. The number of phenolic OH excluding ortho intramolecular Hbond substituents is 1. The SMILES string of the molecule is CCOCCOCCOCCOCCOCCNC(=S)Nc1ccc(-c2c3ccc(=O)cc-3oc3cc(O)ccc23)c(C(=O)O)c1. The molecule has 0 amide bonds. The van der Waals surface area contributed by atoms with Crippen LogP contribution >= 0.6 is 12.2 Å².